The van der Waals surface area contributed by atoms with E-state index < -0.39 is 24.9 Å². The molecule has 0 unspecified atom stereocenters. The number of hydrogen-bond donors (Lipinski definition) is 0. The van der Waals surface area contributed by atoms with Crippen molar-refractivity contribution in [3.05, 3.63) is 71.8 Å². The van der Waals surface area contributed by atoms with Gasteiger partial charge in [0.15, 0.2) is 0 Å². The third-order valence-corrected chi connectivity index (χ3v) is 16.9. The predicted octanol–water partition coefficient (Wildman–Crippen LogP) is 7.19. The Bertz CT molecular complexity index is 753. The Morgan fingerprint density at radius 1 is 0.545 bits per heavy atom. The highest BCUT2D eigenvalue weighted by Crippen LogP contribution is 2.61. The SMILES string of the molecule is CC[P+](CC)(CC)Cc1ccccc1.CC[P+](CC)(CC)Cc1ccccc1.O=S(=O)([O-])[O-]. The lowest BCUT2D eigenvalue weighted by atomic mass is 10.2. The van der Waals surface area contributed by atoms with Crippen LogP contribution in [0.15, 0.2) is 60.7 Å². The van der Waals surface area contributed by atoms with Crippen LogP contribution in [0.3, 0.4) is 0 Å². The average molecular weight is 515 g/mol. The van der Waals surface area contributed by atoms with Crippen LogP contribution in [-0.4, -0.2) is 54.5 Å². The third kappa shape index (κ3) is 14.2. The summed E-state index contributed by atoms with van der Waals surface area (Å²) in [6, 6.07) is 21.9. The molecule has 2 rings (SSSR count). The minimum atomic E-state index is -5.17. The van der Waals surface area contributed by atoms with Gasteiger partial charge in [-0.15, -0.1) is 0 Å². The third-order valence-electron chi connectivity index (χ3n) is 6.75. The first kappa shape index (κ1) is 32.2. The Kier molecular flexibility index (Phi) is 16.3. The monoisotopic (exact) mass is 514 g/mol. The lowest BCUT2D eigenvalue weighted by Gasteiger charge is -2.23. The second-order valence-corrected chi connectivity index (χ2v) is 18.9. The Morgan fingerprint density at radius 2 is 0.758 bits per heavy atom. The summed E-state index contributed by atoms with van der Waals surface area (Å²) in [5, 5.41) is 0. The minimum absolute atomic E-state index is 0.661. The van der Waals surface area contributed by atoms with E-state index in [4.69, 9.17) is 17.5 Å². The average Bonchev–Trinajstić information content (AvgIpc) is 2.82. The molecule has 0 fully saturated rings. The topological polar surface area (TPSA) is 80.3 Å². The van der Waals surface area contributed by atoms with Crippen molar-refractivity contribution >= 4 is 24.9 Å². The van der Waals surface area contributed by atoms with Crippen molar-refractivity contribution in [2.75, 3.05) is 37.0 Å². The summed E-state index contributed by atoms with van der Waals surface area (Å²) in [5.41, 5.74) is 3.07. The summed E-state index contributed by atoms with van der Waals surface area (Å²) in [5.74, 6) is 0. The Labute approximate surface area is 204 Å². The van der Waals surface area contributed by atoms with Crippen molar-refractivity contribution < 1.29 is 17.5 Å². The second-order valence-electron chi connectivity index (χ2n) is 8.28. The van der Waals surface area contributed by atoms with E-state index in [0.29, 0.717) is 0 Å². The van der Waals surface area contributed by atoms with Crippen molar-refractivity contribution in [2.24, 2.45) is 0 Å². The molecular weight excluding hydrogens is 470 g/mol. The van der Waals surface area contributed by atoms with Crippen LogP contribution in [0.5, 0.6) is 0 Å². The molecule has 2 aromatic rings. The van der Waals surface area contributed by atoms with E-state index in [9.17, 15) is 0 Å². The minimum Gasteiger partial charge on any atom is -0.759 e. The molecular formula is C26H44O4P2S. The number of hydrogen-bond acceptors (Lipinski definition) is 4. The lowest BCUT2D eigenvalue weighted by Crippen LogP contribution is -2.05. The fraction of sp³-hybridized carbons (Fsp3) is 0.538. The molecule has 0 N–H and O–H groups in total. The lowest BCUT2D eigenvalue weighted by molar-refractivity contribution is 0.352. The first-order valence-electron chi connectivity index (χ1n) is 12.0. The van der Waals surface area contributed by atoms with Gasteiger partial charge in [-0.05, 0) is 52.7 Å². The molecule has 4 nitrogen and oxygen atoms in total. The number of benzene rings is 2. The summed E-state index contributed by atoms with van der Waals surface area (Å²) < 4.78 is 34.1. The summed E-state index contributed by atoms with van der Waals surface area (Å²) in [4.78, 5) is 0. The Balaban J connectivity index is 0.000000517. The van der Waals surface area contributed by atoms with Crippen molar-refractivity contribution in [1.82, 2.24) is 0 Å². The molecule has 2 aromatic carbocycles. The summed E-state index contributed by atoms with van der Waals surface area (Å²) in [6.07, 6.45) is 11.1. The molecule has 188 valence electrons. The molecule has 0 aliphatic carbocycles. The molecule has 0 aliphatic rings. The van der Waals surface area contributed by atoms with Crippen molar-refractivity contribution in [3.8, 4) is 0 Å². The van der Waals surface area contributed by atoms with E-state index in [0.717, 1.165) is 0 Å². The van der Waals surface area contributed by atoms with Gasteiger partial charge in [0, 0.05) is 24.9 Å². The van der Waals surface area contributed by atoms with Crippen LogP contribution < -0.4 is 0 Å². The van der Waals surface area contributed by atoms with Crippen LogP contribution in [0, 0.1) is 0 Å². The van der Waals surface area contributed by atoms with E-state index in [1.165, 1.54) is 60.4 Å². The van der Waals surface area contributed by atoms with Crippen molar-refractivity contribution in [3.63, 3.8) is 0 Å². The standard InChI is InChI=1S/2C13H22P.H2O4S/c2*1-4-14(5-2,6-3)12-13-10-8-7-9-11-13;1-5(2,3)4/h2*7-11H,4-6,12H2,1-3H3;(H2,1,2,3,4)/q2*+1;/p-2. The van der Waals surface area contributed by atoms with Crippen LogP contribution >= 0.6 is 14.5 Å². The van der Waals surface area contributed by atoms with Gasteiger partial charge in [0.25, 0.3) is 0 Å². The maximum Gasteiger partial charge on any atom is 0.0842 e. The zero-order chi connectivity index (χ0) is 25.4. The fourth-order valence-electron chi connectivity index (χ4n) is 3.95. The van der Waals surface area contributed by atoms with Gasteiger partial charge in [-0.2, -0.15) is 0 Å². The van der Waals surface area contributed by atoms with E-state index in [-0.39, 0.29) is 0 Å². The maximum atomic E-state index is 8.52. The molecule has 0 aromatic heterocycles. The highest BCUT2D eigenvalue weighted by molar-refractivity contribution is 7.79. The fourth-order valence-corrected chi connectivity index (χ4v) is 9.95. The van der Waals surface area contributed by atoms with Gasteiger partial charge in [0.2, 0.25) is 0 Å². The molecule has 33 heavy (non-hydrogen) atoms. The van der Waals surface area contributed by atoms with Crippen LogP contribution in [0.1, 0.15) is 52.7 Å². The normalized spacial score (nSPS) is 11.6. The van der Waals surface area contributed by atoms with Gasteiger partial charge in [-0.25, -0.2) is 0 Å². The molecule has 0 saturated carbocycles. The summed E-state index contributed by atoms with van der Waals surface area (Å²) in [6.45, 7) is 14.2. The van der Waals surface area contributed by atoms with Gasteiger partial charge in [0.1, 0.15) is 0 Å². The smallest absolute Gasteiger partial charge is 0.0842 e. The maximum absolute atomic E-state index is 8.52. The highest BCUT2D eigenvalue weighted by Gasteiger charge is 2.31. The van der Waals surface area contributed by atoms with Crippen molar-refractivity contribution in [1.29, 1.82) is 0 Å². The number of rotatable bonds is 10. The molecule has 0 spiro atoms. The van der Waals surface area contributed by atoms with Crippen LogP contribution in [0.25, 0.3) is 0 Å². The molecule has 0 bridgehead atoms. The molecule has 0 atom stereocenters. The molecule has 0 saturated heterocycles. The molecule has 0 heterocycles. The Hall–Kier alpha value is -0.830. The highest BCUT2D eigenvalue weighted by atomic mass is 32.3. The van der Waals surface area contributed by atoms with Gasteiger partial charge in [-0.1, -0.05) is 60.7 Å². The van der Waals surface area contributed by atoms with Crippen LogP contribution in [0.2, 0.25) is 0 Å². The van der Waals surface area contributed by atoms with E-state index in [2.05, 4.69) is 102 Å². The molecule has 0 aliphatic heterocycles. The zero-order valence-corrected chi connectivity index (χ0v) is 24.0. The summed E-state index contributed by atoms with van der Waals surface area (Å²) in [7, 11) is -6.49. The van der Waals surface area contributed by atoms with E-state index in [1.54, 1.807) is 0 Å². The van der Waals surface area contributed by atoms with E-state index in [1.807, 2.05) is 0 Å². The predicted molar refractivity (Wildman–Crippen MR) is 148 cm³/mol. The first-order valence-corrected chi connectivity index (χ1v) is 18.4. The van der Waals surface area contributed by atoms with Gasteiger partial charge < -0.3 is 9.11 Å². The van der Waals surface area contributed by atoms with Gasteiger partial charge >= 0.3 is 0 Å². The van der Waals surface area contributed by atoms with Crippen LogP contribution in [0.4, 0.5) is 0 Å². The molecule has 0 amide bonds. The van der Waals surface area contributed by atoms with E-state index >= 15 is 0 Å². The van der Waals surface area contributed by atoms with Gasteiger partial charge in [-0.3, -0.25) is 8.42 Å². The van der Waals surface area contributed by atoms with Crippen LogP contribution in [-0.2, 0) is 22.7 Å². The zero-order valence-electron chi connectivity index (χ0n) is 21.4. The molecule has 0 radical (unpaired) electrons. The van der Waals surface area contributed by atoms with Gasteiger partial charge in [0.05, 0.1) is 49.3 Å². The largest absolute Gasteiger partial charge is 0.759 e. The quantitative estimate of drug-likeness (QED) is 0.191. The van der Waals surface area contributed by atoms with Crippen molar-refractivity contribution in [2.45, 2.75) is 53.9 Å². The molecule has 7 heteroatoms. The summed E-state index contributed by atoms with van der Waals surface area (Å²) >= 11 is 0. The Morgan fingerprint density at radius 3 is 0.939 bits per heavy atom. The first-order chi connectivity index (χ1) is 15.5. The second kappa shape index (κ2) is 16.7.